The molecule has 2 aromatic rings. The second-order valence-corrected chi connectivity index (χ2v) is 5.78. The molecule has 1 aliphatic heterocycles. The first-order valence-electron chi connectivity index (χ1n) is 8.19. The topological polar surface area (TPSA) is 58.6 Å². The summed E-state index contributed by atoms with van der Waals surface area (Å²) in [6.07, 6.45) is 3.55. The molecule has 0 aromatic carbocycles. The first-order valence-corrected chi connectivity index (χ1v) is 8.19. The van der Waals surface area contributed by atoms with Crippen molar-refractivity contribution in [2.24, 2.45) is 0 Å². The Morgan fingerprint density at radius 1 is 1.00 bits per heavy atom. The van der Waals surface area contributed by atoms with Crippen LogP contribution in [-0.4, -0.2) is 58.5 Å². The van der Waals surface area contributed by atoms with Crippen molar-refractivity contribution >= 4 is 5.91 Å². The fraction of sp³-hybridized carbons (Fsp3) is 0.389. The lowest BCUT2D eigenvalue weighted by Crippen LogP contribution is -2.45. The van der Waals surface area contributed by atoms with E-state index in [1.165, 1.54) is 0 Å². The van der Waals surface area contributed by atoms with Crippen LogP contribution >= 0.6 is 0 Å². The van der Waals surface area contributed by atoms with Gasteiger partial charge in [-0.05, 0) is 24.3 Å². The maximum Gasteiger partial charge on any atom is 0.236 e. The van der Waals surface area contributed by atoms with E-state index in [1.807, 2.05) is 41.3 Å². The highest BCUT2D eigenvalue weighted by Crippen LogP contribution is 2.08. The van der Waals surface area contributed by atoms with E-state index in [9.17, 15) is 4.79 Å². The second-order valence-electron chi connectivity index (χ2n) is 5.78. The Balaban J connectivity index is 1.67. The van der Waals surface area contributed by atoms with Crippen LogP contribution in [0, 0.1) is 0 Å². The fourth-order valence-electron chi connectivity index (χ4n) is 2.71. The molecule has 0 radical (unpaired) electrons. The molecule has 0 spiro atoms. The Morgan fingerprint density at radius 3 is 2.08 bits per heavy atom. The number of amides is 1. The van der Waals surface area contributed by atoms with Gasteiger partial charge in [-0.15, -0.1) is 0 Å². The van der Waals surface area contributed by atoms with Gasteiger partial charge in [-0.3, -0.25) is 19.7 Å². The fourth-order valence-corrected chi connectivity index (χ4v) is 2.71. The van der Waals surface area contributed by atoms with Gasteiger partial charge in [0.25, 0.3) is 0 Å². The molecule has 1 saturated heterocycles. The molecule has 6 nitrogen and oxygen atoms in total. The summed E-state index contributed by atoms with van der Waals surface area (Å²) >= 11 is 0. The van der Waals surface area contributed by atoms with Gasteiger partial charge in [0.1, 0.15) is 0 Å². The van der Waals surface area contributed by atoms with E-state index in [-0.39, 0.29) is 5.91 Å². The van der Waals surface area contributed by atoms with Gasteiger partial charge >= 0.3 is 0 Å². The largest absolute Gasteiger partial charge is 0.378 e. The molecule has 0 atom stereocenters. The zero-order valence-corrected chi connectivity index (χ0v) is 13.7. The Kier molecular flexibility index (Phi) is 5.87. The first-order chi connectivity index (χ1) is 11.8. The SMILES string of the molecule is O=C(CN(Cc1ccccn1)Cc1ccccn1)N1CCOCC1. The predicted octanol–water partition coefficient (Wildman–Crippen LogP) is 1.34. The normalized spacial score (nSPS) is 14.8. The summed E-state index contributed by atoms with van der Waals surface area (Å²) in [5, 5.41) is 0. The molecule has 1 aliphatic rings. The standard InChI is InChI=1S/C18H22N4O2/c23-18(22-9-11-24-12-10-22)15-21(13-16-5-1-3-7-19-16)14-17-6-2-4-8-20-17/h1-8H,9-15H2. The molecular formula is C18H22N4O2. The van der Waals surface area contributed by atoms with E-state index in [0.29, 0.717) is 45.9 Å². The van der Waals surface area contributed by atoms with Crippen LogP contribution in [0.25, 0.3) is 0 Å². The van der Waals surface area contributed by atoms with Gasteiger partial charge in [0.2, 0.25) is 5.91 Å². The molecule has 0 N–H and O–H groups in total. The van der Waals surface area contributed by atoms with Crippen LogP contribution in [-0.2, 0) is 22.6 Å². The minimum atomic E-state index is 0.130. The minimum absolute atomic E-state index is 0.130. The number of nitrogens with zero attached hydrogens (tertiary/aromatic N) is 4. The van der Waals surface area contributed by atoms with Crippen LogP contribution in [0.1, 0.15) is 11.4 Å². The molecule has 2 aromatic heterocycles. The average molecular weight is 326 g/mol. The third-order valence-electron chi connectivity index (χ3n) is 3.95. The maximum absolute atomic E-state index is 12.6. The van der Waals surface area contributed by atoms with Crippen molar-refractivity contribution in [2.45, 2.75) is 13.1 Å². The molecule has 0 saturated carbocycles. The van der Waals surface area contributed by atoms with E-state index in [0.717, 1.165) is 11.4 Å². The number of carbonyl (C=O) groups excluding carboxylic acids is 1. The lowest BCUT2D eigenvalue weighted by molar-refractivity contribution is -0.136. The zero-order valence-electron chi connectivity index (χ0n) is 13.7. The monoisotopic (exact) mass is 326 g/mol. The summed E-state index contributed by atoms with van der Waals surface area (Å²) < 4.78 is 5.32. The van der Waals surface area contributed by atoms with Gasteiger partial charge in [0, 0.05) is 38.6 Å². The Morgan fingerprint density at radius 2 is 1.58 bits per heavy atom. The van der Waals surface area contributed by atoms with Crippen LogP contribution in [0.2, 0.25) is 0 Å². The number of ether oxygens (including phenoxy) is 1. The Labute approximate surface area is 142 Å². The van der Waals surface area contributed by atoms with Gasteiger partial charge in [-0.2, -0.15) is 0 Å². The highest BCUT2D eigenvalue weighted by Gasteiger charge is 2.20. The molecule has 1 fully saturated rings. The minimum Gasteiger partial charge on any atom is -0.378 e. The van der Waals surface area contributed by atoms with Crippen LogP contribution < -0.4 is 0 Å². The van der Waals surface area contributed by atoms with Gasteiger partial charge in [-0.25, -0.2) is 0 Å². The number of rotatable bonds is 6. The molecule has 3 rings (SSSR count). The summed E-state index contributed by atoms with van der Waals surface area (Å²) in [6.45, 7) is 4.16. The van der Waals surface area contributed by atoms with E-state index >= 15 is 0 Å². The van der Waals surface area contributed by atoms with E-state index in [2.05, 4.69) is 14.9 Å². The smallest absolute Gasteiger partial charge is 0.236 e. The number of carbonyl (C=O) groups is 1. The molecule has 126 valence electrons. The van der Waals surface area contributed by atoms with Crippen molar-refractivity contribution in [1.82, 2.24) is 19.8 Å². The summed E-state index contributed by atoms with van der Waals surface area (Å²) in [6, 6.07) is 11.7. The molecular weight excluding hydrogens is 304 g/mol. The predicted molar refractivity (Wildman–Crippen MR) is 90.0 cm³/mol. The number of hydrogen-bond acceptors (Lipinski definition) is 5. The quantitative estimate of drug-likeness (QED) is 0.802. The lowest BCUT2D eigenvalue weighted by atomic mass is 10.2. The highest BCUT2D eigenvalue weighted by molar-refractivity contribution is 5.78. The molecule has 0 aliphatic carbocycles. The maximum atomic E-state index is 12.6. The molecule has 24 heavy (non-hydrogen) atoms. The average Bonchev–Trinajstić information content (AvgIpc) is 2.64. The van der Waals surface area contributed by atoms with Crippen LogP contribution in [0.3, 0.4) is 0 Å². The van der Waals surface area contributed by atoms with Gasteiger partial charge < -0.3 is 9.64 Å². The van der Waals surface area contributed by atoms with Gasteiger partial charge in [0.05, 0.1) is 31.1 Å². The summed E-state index contributed by atoms with van der Waals surface area (Å²) in [5.41, 5.74) is 1.89. The number of aromatic nitrogens is 2. The van der Waals surface area contributed by atoms with Gasteiger partial charge in [-0.1, -0.05) is 12.1 Å². The Hall–Kier alpha value is -2.31. The van der Waals surface area contributed by atoms with E-state index in [1.54, 1.807) is 12.4 Å². The van der Waals surface area contributed by atoms with Crippen molar-refractivity contribution < 1.29 is 9.53 Å². The number of pyridine rings is 2. The molecule has 1 amide bonds. The van der Waals surface area contributed by atoms with Gasteiger partial charge in [0.15, 0.2) is 0 Å². The van der Waals surface area contributed by atoms with E-state index < -0.39 is 0 Å². The van der Waals surface area contributed by atoms with Crippen molar-refractivity contribution in [3.8, 4) is 0 Å². The summed E-state index contributed by atoms with van der Waals surface area (Å²) in [7, 11) is 0. The van der Waals surface area contributed by atoms with Crippen molar-refractivity contribution in [3.05, 3.63) is 60.2 Å². The first kappa shape index (κ1) is 16.5. The van der Waals surface area contributed by atoms with Crippen molar-refractivity contribution in [1.29, 1.82) is 0 Å². The van der Waals surface area contributed by atoms with Crippen LogP contribution in [0.15, 0.2) is 48.8 Å². The number of morpholine rings is 1. The van der Waals surface area contributed by atoms with Crippen LogP contribution in [0.4, 0.5) is 0 Å². The van der Waals surface area contributed by atoms with E-state index in [4.69, 9.17) is 4.74 Å². The Bertz CT molecular complexity index is 588. The summed E-state index contributed by atoms with van der Waals surface area (Å²) in [5.74, 6) is 0.130. The second kappa shape index (κ2) is 8.52. The van der Waals surface area contributed by atoms with Crippen molar-refractivity contribution in [2.75, 3.05) is 32.8 Å². The third-order valence-corrected chi connectivity index (χ3v) is 3.95. The lowest BCUT2D eigenvalue weighted by Gasteiger charge is -2.29. The van der Waals surface area contributed by atoms with Crippen molar-refractivity contribution in [3.63, 3.8) is 0 Å². The molecule has 0 unspecified atom stereocenters. The summed E-state index contributed by atoms with van der Waals surface area (Å²) in [4.78, 5) is 25.3. The number of hydrogen-bond donors (Lipinski definition) is 0. The highest BCUT2D eigenvalue weighted by atomic mass is 16.5. The molecule has 3 heterocycles. The molecule has 6 heteroatoms. The zero-order chi connectivity index (χ0) is 16.6. The molecule has 0 bridgehead atoms. The van der Waals surface area contributed by atoms with Crippen LogP contribution in [0.5, 0.6) is 0 Å². The third kappa shape index (κ3) is 4.84.